The number of ether oxygens (including phenoxy) is 3. The van der Waals surface area contributed by atoms with Crippen molar-refractivity contribution in [1.29, 1.82) is 0 Å². The Kier molecular flexibility index (Phi) is 3.50. The zero-order valence-electron chi connectivity index (χ0n) is 10.0. The number of carbonyl (C=O) groups excluding carboxylic acids is 1. The van der Waals surface area contributed by atoms with E-state index in [4.69, 9.17) is 9.47 Å². The Morgan fingerprint density at radius 3 is 2.75 bits per heavy atom. The van der Waals surface area contributed by atoms with E-state index in [-0.39, 0.29) is 24.6 Å². The summed E-state index contributed by atoms with van der Waals surface area (Å²) in [6.45, 7) is 2.41. The zero-order valence-corrected chi connectivity index (χ0v) is 10.0. The molecule has 0 radical (unpaired) electrons. The van der Waals surface area contributed by atoms with Crippen molar-refractivity contribution in [3.63, 3.8) is 0 Å². The molecule has 0 aromatic rings. The lowest BCUT2D eigenvalue weighted by atomic mass is 9.91. The van der Waals surface area contributed by atoms with Gasteiger partial charge in [-0.05, 0) is 19.8 Å². The number of hydrogen-bond acceptors (Lipinski definition) is 4. The normalized spacial score (nSPS) is 38.9. The molecule has 1 heterocycles. The summed E-state index contributed by atoms with van der Waals surface area (Å²) in [5, 5.41) is 0. The number of fused-ring (bicyclic) bond motifs is 1. The second kappa shape index (κ2) is 4.72. The molecule has 0 spiro atoms. The van der Waals surface area contributed by atoms with Gasteiger partial charge in [0.15, 0.2) is 0 Å². The first-order valence-electron chi connectivity index (χ1n) is 5.99. The van der Waals surface area contributed by atoms with Crippen molar-refractivity contribution in [2.45, 2.75) is 56.8 Å². The summed E-state index contributed by atoms with van der Waals surface area (Å²) in [6.07, 6.45) is 5.21. The maximum Gasteiger partial charge on any atom is 0.308 e. The van der Waals surface area contributed by atoms with Gasteiger partial charge in [0.05, 0.1) is 37.9 Å². The third kappa shape index (κ3) is 2.55. The summed E-state index contributed by atoms with van der Waals surface area (Å²) in [5.74, 6) is -0.236. The molecule has 16 heavy (non-hydrogen) atoms. The maximum absolute atomic E-state index is 11.3. The second-order valence-corrected chi connectivity index (χ2v) is 4.99. The fourth-order valence-corrected chi connectivity index (χ4v) is 2.54. The molecule has 2 aliphatic rings. The zero-order chi connectivity index (χ0) is 11.6. The Morgan fingerprint density at radius 2 is 2.06 bits per heavy atom. The Morgan fingerprint density at radius 1 is 1.38 bits per heavy atom. The largest absolute Gasteiger partial charge is 0.469 e. The van der Waals surface area contributed by atoms with Crippen LogP contribution in [0.15, 0.2) is 0 Å². The number of rotatable bonds is 2. The Balaban J connectivity index is 1.95. The summed E-state index contributed by atoms with van der Waals surface area (Å²) in [7, 11) is 1.40. The molecule has 2 fully saturated rings. The van der Waals surface area contributed by atoms with E-state index in [9.17, 15) is 4.79 Å². The smallest absolute Gasteiger partial charge is 0.308 e. The van der Waals surface area contributed by atoms with Gasteiger partial charge in [0.25, 0.3) is 0 Å². The van der Waals surface area contributed by atoms with E-state index in [1.54, 1.807) is 0 Å². The fraction of sp³-hybridized carbons (Fsp3) is 0.917. The van der Waals surface area contributed by atoms with Crippen molar-refractivity contribution in [2.75, 3.05) is 13.7 Å². The molecule has 2 rings (SSSR count). The molecular weight excluding hydrogens is 208 g/mol. The summed E-state index contributed by atoms with van der Waals surface area (Å²) in [6, 6.07) is 0. The predicted octanol–water partition coefficient (Wildman–Crippen LogP) is 1.67. The van der Waals surface area contributed by atoms with Crippen molar-refractivity contribution in [2.24, 2.45) is 0 Å². The van der Waals surface area contributed by atoms with Crippen LogP contribution < -0.4 is 0 Å². The van der Waals surface area contributed by atoms with Crippen LogP contribution in [-0.2, 0) is 19.0 Å². The monoisotopic (exact) mass is 228 g/mol. The van der Waals surface area contributed by atoms with Crippen molar-refractivity contribution in [1.82, 2.24) is 0 Å². The third-order valence-corrected chi connectivity index (χ3v) is 3.43. The highest BCUT2D eigenvalue weighted by Gasteiger charge is 2.41. The lowest BCUT2D eigenvalue weighted by Gasteiger charge is -2.44. The van der Waals surface area contributed by atoms with Crippen LogP contribution in [0.25, 0.3) is 0 Å². The SMILES string of the molecule is COC(=O)C[C@@]1(C)CO[C@@H]2CCCC[C@H]2O1. The number of methoxy groups -OCH3 is 1. The summed E-state index contributed by atoms with van der Waals surface area (Å²) in [4.78, 5) is 11.3. The van der Waals surface area contributed by atoms with Crippen molar-refractivity contribution < 1.29 is 19.0 Å². The van der Waals surface area contributed by atoms with Gasteiger partial charge >= 0.3 is 5.97 Å². The minimum atomic E-state index is -0.508. The first kappa shape index (κ1) is 11.9. The number of carbonyl (C=O) groups is 1. The van der Waals surface area contributed by atoms with Gasteiger partial charge in [-0.2, -0.15) is 0 Å². The van der Waals surface area contributed by atoms with Gasteiger partial charge in [-0.25, -0.2) is 0 Å². The summed E-state index contributed by atoms with van der Waals surface area (Å²) < 4.78 is 16.5. The van der Waals surface area contributed by atoms with Gasteiger partial charge < -0.3 is 14.2 Å². The van der Waals surface area contributed by atoms with E-state index in [1.165, 1.54) is 20.0 Å². The quantitative estimate of drug-likeness (QED) is 0.674. The molecule has 0 amide bonds. The van der Waals surface area contributed by atoms with Gasteiger partial charge in [-0.1, -0.05) is 12.8 Å². The Hall–Kier alpha value is -0.610. The maximum atomic E-state index is 11.3. The summed E-state index contributed by atoms with van der Waals surface area (Å²) in [5.41, 5.74) is -0.508. The highest BCUT2D eigenvalue weighted by molar-refractivity contribution is 5.70. The molecule has 1 saturated carbocycles. The molecule has 1 saturated heterocycles. The molecule has 0 N–H and O–H groups in total. The topological polar surface area (TPSA) is 44.8 Å². The average molecular weight is 228 g/mol. The van der Waals surface area contributed by atoms with Crippen LogP contribution in [0.4, 0.5) is 0 Å². The van der Waals surface area contributed by atoms with Gasteiger partial charge in [0.1, 0.15) is 0 Å². The predicted molar refractivity (Wildman–Crippen MR) is 58.1 cm³/mol. The van der Waals surface area contributed by atoms with E-state index in [0.29, 0.717) is 6.61 Å². The van der Waals surface area contributed by atoms with E-state index in [0.717, 1.165) is 12.8 Å². The standard InChI is InChI=1S/C12H20O4/c1-12(7-11(13)14-2)8-15-9-5-3-4-6-10(9)16-12/h9-10H,3-8H2,1-2H3/t9-,10-,12+/m1/s1. The molecule has 1 aliphatic carbocycles. The van der Waals surface area contributed by atoms with E-state index < -0.39 is 5.60 Å². The van der Waals surface area contributed by atoms with Crippen LogP contribution >= 0.6 is 0 Å². The van der Waals surface area contributed by atoms with Crippen LogP contribution in [0, 0.1) is 0 Å². The van der Waals surface area contributed by atoms with Crippen LogP contribution in [0.3, 0.4) is 0 Å². The Labute approximate surface area is 96.2 Å². The third-order valence-electron chi connectivity index (χ3n) is 3.43. The lowest BCUT2D eigenvalue weighted by molar-refractivity contribution is -0.237. The van der Waals surface area contributed by atoms with E-state index in [1.807, 2.05) is 6.92 Å². The van der Waals surface area contributed by atoms with Gasteiger partial charge in [-0.3, -0.25) is 4.79 Å². The summed E-state index contributed by atoms with van der Waals surface area (Å²) >= 11 is 0. The van der Waals surface area contributed by atoms with Crippen molar-refractivity contribution in [3.8, 4) is 0 Å². The first-order chi connectivity index (χ1) is 7.63. The van der Waals surface area contributed by atoms with Crippen molar-refractivity contribution >= 4 is 5.97 Å². The van der Waals surface area contributed by atoms with E-state index >= 15 is 0 Å². The van der Waals surface area contributed by atoms with Gasteiger partial charge in [0.2, 0.25) is 0 Å². The molecule has 3 atom stereocenters. The molecule has 1 aliphatic heterocycles. The van der Waals surface area contributed by atoms with Crippen LogP contribution in [0.2, 0.25) is 0 Å². The number of esters is 1. The van der Waals surface area contributed by atoms with Gasteiger partial charge in [-0.15, -0.1) is 0 Å². The molecule has 0 aromatic carbocycles. The molecule has 4 nitrogen and oxygen atoms in total. The highest BCUT2D eigenvalue weighted by Crippen LogP contribution is 2.34. The van der Waals surface area contributed by atoms with E-state index in [2.05, 4.69) is 4.74 Å². The Bertz CT molecular complexity index is 266. The van der Waals surface area contributed by atoms with Crippen LogP contribution in [0.1, 0.15) is 39.0 Å². The highest BCUT2D eigenvalue weighted by atomic mass is 16.6. The molecule has 0 aromatic heterocycles. The first-order valence-corrected chi connectivity index (χ1v) is 5.99. The minimum Gasteiger partial charge on any atom is -0.469 e. The average Bonchev–Trinajstić information content (AvgIpc) is 2.28. The second-order valence-electron chi connectivity index (χ2n) is 4.99. The van der Waals surface area contributed by atoms with Crippen LogP contribution in [0.5, 0.6) is 0 Å². The number of hydrogen-bond donors (Lipinski definition) is 0. The molecule has 4 heteroatoms. The fourth-order valence-electron chi connectivity index (χ4n) is 2.54. The lowest BCUT2D eigenvalue weighted by Crippen LogP contribution is -2.52. The van der Waals surface area contributed by atoms with Gasteiger partial charge in [0, 0.05) is 0 Å². The molecular formula is C12H20O4. The molecule has 0 bridgehead atoms. The molecule has 92 valence electrons. The minimum absolute atomic E-state index is 0.164. The van der Waals surface area contributed by atoms with Crippen LogP contribution in [-0.4, -0.2) is 37.5 Å². The molecule has 0 unspecified atom stereocenters. The van der Waals surface area contributed by atoms with Crippen molar-refractivity contribution in [3.05, 3.63) is 0 Å².